The van der Waals surface area contributed by atoms with Crippen molar-refractivity contribution in [1.82, 2.24) is 15.0 Å². The van der Waals surface area contributed by atoms with Gasteiger partial charge in [-0.2, -0.15) is 4.98 Å². The van der Waals surface area contributed by atoms with Crippen molar-refractivity contribution in [2.75, 3.05) is 17.2 Å². The van der Waals surface area contributed by atoms with E-state index < -0.39 is 0 Å². The van der Waals surface area contributed by atoms with E-state index in [4.69, 9.17) is 23.2 Å². The van der Waals surface area contributed by atoms with E-state index >= 15 is 0 Å². The molecule has 0 bridgehead atoms. The van der Waals surface area contributed by atoms with Gasteiger partial charge in [0.15, 0.2) is 0 Å². The third-order valence-electron chi connectivity index (χ3n) is 4.21. The highest BCUT2D eigenvalue weighted by Crippen LogP contribution is 2.28. The first-order chi connectivity index (χ1) is 13.5. The Balaban J connectivity index is 1.97. The summed E-state index contributed by atoms with van der Waals surface area (Å²) < 4.78 is 0. The van der Waals surface area contributed by atoms with Gasteiger partial charge in [-0.3, -0.25) is 4.98 Å². The second-order valence-corrected chi connectivity index (χ2v) is 7.44. The largest absolute Gasteiger partial charge is 0.394 e. The van der Waals surface area contributed by atoms with Crippen LogP contribution in [-0.2, 0) is 0 Å². The van der Waals surface area contributed by atoms with Gasteiger partial charge in [-0.05, 0) is 36.2 Å². The van der Waals surface area contributed by atoms with E-state index in [0.29, 0.717) is 21.8 Å². The van der Waals surface area contributed by atoms with E-state index in [1.165, 1.54) is 0 Å². The summed E-state index contributed by atoms with van der Waals surface area (Å²) in [5.74, 6) is 1.22. The Bertz CT molecular complexity index is 937. The van der Waals surface area contributed by atoms with Crippen molar-refractivity contribution in [3.05, 3.63) is 58.8 Å². The first kappa shape index (κ1) is 20.3. The Morgan fingerprint density at radius 1 is 1.00 bits per heavy atom. The van der Waals surface area contributed by atoms with Crippen LogP contribution in [0, 0.1) is 5.92 Å². The number of rotatable bonds is 7. The topological polar surface area (TPSA) is 83.0 Å². The standard InChI is InChI=1S/C20H21Cl2N5O/c1-12(2)18(11-28)26-20-25-17(13-5-7-23-8-6-13)10-19(27-20)24-14-3-4-15(21)16(22)9-14/h3-10,12,18,28H,11H2,1-2H3,(H2,24,25,26,27)/t18-/m0/s1. The van der Waals surface area contributed by atoms with Crippen molar-refractivity contribution in [3.8, 4) is 11.3 Å². The zero-order chi connectivity index (χ0) is 20.1. The van der Waals surface area contributed by atoms with Crippen molar-refractivity contribution in [3.63, 3.8) is 0 Å². The van der Waals surface area contributed by atoms with Gasteiger partial charge < -0.3 is 15.7 Å². The lowest BCUT2D eigenvalue weighted by Gasteiger charge is -2.20. The molecule has 2 heterocycles. The number of aromatic nitrogens is 3. The molecule has 1 aromatic carbocycles. The number of pyridine rings is 1. The Morgan fingerprint density at radius 3 is 2.39 bits per heavy atom. The fourth-order valence-corrected chi connectivity index (χ4v) is 2.86. The van der Waals surface area contributed by atoms with E-state index in [2.05, 4.69) is 25.6 Å². The summed E-state index contributed by atoms with van der Waals surface area (Å²) in [5.41, 5.74) is 2.38. The van der Waals surface area contributed by atoms with E-state index in [0.717, 1.165) is 16.9 Å². The Labute approximate surface area is 174 Å². The molecule has 28 heavy (non-hydrogen) atoms. The average Bonchev–Trinajstić information content (AvgIpc) is 2.69. The fourth-order valence-electron chi connectivity index (χ4n) is 2.56. The van der Waals surface area contributed by atoms with Crippen LogP contribution in [0.4, 0.5) is 17.5 Å². The number of hydrogen-bond donors (Lipinski definition) is 3. The number of nitrogens with one attached hydrogen (secondary N) is 2. The summed E-state index contributed by atoms with van der Waals surface area (Å²) >= 11 is 12.1. The first-order valence-electron chi connectivity index (χ1n) is 8.85. The van der Waals surface area contributed by atoms with Gasteiger partial charge in [0.05, 0.1) is 28.4 Å². The third-order valence-corrected chi connectivity index (χ3v) is 4.95. The van der Waals surface area contributed by atoms with Gasteiger partial charge >= 0.3 is 0 Å². The number of benzene rings is 1. The predicted octanol–water partition coefficient (Wildman–Crippen LogP) is 5.02. The molecular formula is C20H21Cl2N5O. The van der Waals surface area contributed by atoms with Crippen molar-refractivity contribution in [2.24, 2.45) is 5.92 Å². The van der Waals surface area contributed by atoms with Crippen molar-refractivity contribution >= 4 is 40.7 Å². The molecule has 0 fully saturated rings. The molecule has 0 aliphatic heterocycles. The molecule has 0 saturated heterocycles. The zero-order valence-corrected chi connectivity index (χ0v) is 17.0. The van der Waals surface area contributed by atoms with Crippen LogP contribution < -0.4 is 10.6 Å². The molecule has 3 N–H and O–H groups in total. The maximum absolute atomic E-state index is 9.64. The van der Waals surface area contributed by atoms with E-state index in [1.54, 1.807) is 24.5 Å². The van der Waals surface area contributed by atoms with Crippen LogP contribution in [0.3, 0.4) is 0 Å². The molecule has 1 atom stereocenters. The molecule has 8 heteroatoms. The zero-order valence-electron chi connectivity index (χ0n) is 15.5. The summed E-state index contributed by atoms with van der Waals surface area (Å²) in [4.78, 5) is 13.2. The molecule has 0 unspecified atom stereocenters. The van der Waals surface area contributed by atoms with E-state index in [-0.39, 0.29) is 18.6 Å². The quantitative estimate of drug-likeness (QED) is 0.500. The van der Waals surface area contributed by atoms with Crippen LogP contribution in [-0.4, -0.2) is 32.7 Å². The lowest BCUT2D eigenvalue weighted by Crippen LogP contribution is -2.30. The normalized spacial score (nSPS) is 12.1. The number of hydrogen-bond acceptors (Lipinski definition) is 6. The summed E-state index contributed by atoms with van der Waals surface area (Å²) in [7, 11) is 0. The smallest absolute Gasteiger partial charge is 0.225 e. The van der Waals surface area contributed by atoms with Gasteiger partial charge in [0.1, 0.15) is 5.82 Å². The van der Waals surface area contributed by atoms with Crippen LogP contribution in [0.25, 0.3) is 11.3 Å². The van der Waals surface area contributed by atoms with Gasteiger partial charge in [-0.15, -0.1) is 0 Å². The molecule has 3 rings (SSSR count). The second kappa shape index (κ2) is 9.19. The highest BCUT2D eigenvalue weighted by atomic mass is 35.5. The number of aliphatic hydroxyl groups is 1. The number of nitrogens with zero attached hydrogens (tertiary/aromatic N) is 3. The van der Waals surface area contributed by atoms with E-state index in [1.807, 2.05) is 38.1 Å². The first-order valence-corrected chi connectivity index (χ1v) is 9.61. The average molecular weight is 418 g/mol. The maximum atomic E-state index is 9.64. The summed E-state index contributed by atoms with van der Waals surface area (Å²) in [6.07, 6.45) is 3.42. The van der Waals surface area contributed by atoms with Gasteiger partial charge in [-0.1, -0.05) is 37.0 Å². The summed E-state index contributed by atoms with van der Waals surface area (Å²) in [6, 6.07) is 10.7. The molecular weight excluding hydrogens is 397 g/mol. The fraction of sp³-hybridized carbons (Fsp3) is 0.250. The van der Waals surface area contributed by atoms with Crippen molar-refractivity contribution in [2.45, 2.75) is 19.9 Å². The monoisotopic (exact) mass is 417 g/mol. The predicted molar refractivity (Wildman–Crippen MR) is 114 cm³/mol. The SMILES string of the molecule is CC(C)[C@H](CO)Nc1nc(Nc2ccc(Cl)c(Cl)c2)cc(-c2ccncc2)n1. The number of halogens is 2. The molecule has 2 aromatic heterocycles. The lowest BCUT2D eigenvalue weighted by atomic mass is 10.1. The van der Waals surface area contributed by atoms with Gasteiger partial charge in [0.25, 0.3) is 0 Å². The van der Waals surface area contributed by atoms with Gasteiger partial charge in [0.2, 0.25) is 5.95 Å². The molecule has 6 nitrogen and oxygen atoms in total. The van der Waals surface area contributed by atoms with Crippen LogP contribution >= 0.6 is 23.2 Å². The van der Waals surface area contributed by atoms with Crippen LogP contribution in [0.1, 0.15) is 13.8 Å². The van der Waals surface area contributed by atoms with Gasteiger partial charge in [-0.25, -0.2) is 4.98 Å². The second-order valence-electron chi connectivity index (χ2n) is 6.63. The maximum Gasteiger partial charge on any atom is 0.225 e. The van der Waals surface area contributed by atoms with Gasteiger partial charge in [0, 0.05) is 29.7 Å². The highest BCUT2D eigenvalue weighted by Gasteiger charge is 2.15. The minimum Gasteiger partial charge on any atom is -0.394 e. The molecule has 0 aliphatic carbocycles. The lowest BCUT2D eigenvalue weighted by molar-refractivity contribution is 0.248. The molecule has 0 amide bonds. The minimum absolute atomic E-state index is 0.0178. The summed E-state index contributed by atoms with van der Waals surface area (Å²) in [6.45, 7) is 4.03. The van der Waals surface area contributed by atoms with E-state index in [9.17, 15) is 5.11 Å². The third kappa shape index (κ3) is 5.10. The number of aliphatic hydroxyl groups excluding tert-OH is 1. The molecule has 3 aromatic rings. The molecule has 0 radical (unpaired) electrons. The Hall–Kier alpha value is -2.41. The molecule has 0 saturated carbocycles. The highest BCUT2D eigenvalue weighted by molar-refractivity contribution is 6.42. The van der Waals surface area contributed by atoms with Crippen LogP contribution in [0.5, 0.6) is 0 Å². The minimum atomic E-state index is -0.162. The Kier molecular flexibility index (Phi) is 6.67. The van der Waals surface area contributed by atoms with Crippen molar-refractivity contribution in [1.29, 1.82) is 0 Å². The van der Waals surface area contributed by atoms with Crippen molar-refractivity contribution < 1.29 is 5.11 Å². The van der Waals surface area contributed by atoms with Crippen LogP contribution in [0.2, 0.25) is 10.0 Å². The molecule has 0 spiro atoms. The van der Waals surface area contributed by atoms with Crippen LogP contribution in [0.15, 0.2) is 48.8 Å². The molecule has 146 valence electrons. The summed E-state index contributed by atoms with van der Waals surface area (Å²) in [5, 5.41) is 17.0. The molecule has 0 aliphatic rings. The number of anilines is 3. The Morgan fingerprint density at radius 2 is 1.75 bits per heavy atom.